The molecule has 0 aromatic rings. The Kier molecular flexibility index (Phi) is 48.1. The molecule has 2 fully saturated rings. The number of carbonyl (C=O) groups is 1. The summed E-state index contributed by atoms with van der Waals surface area (Å²) < 4.78 is 22.7. The smallest absolute Gasteiger partial charge is 0.220 e. The molecule has 2 saturated heterocycles. The molecule has 2 rings (SSSR count). The van der Waals surface area contributed by atoms with Gasteiger partial charge >= 0.3 is 0 Å². The Labute approximate surface area is 506 Å². The Morgan fingerprint density at radius 2 is 0.833 bits per heavy atom. The fourth-order valence-electron chi connectivity index (χ4n) is 9.39. The molecule has 0 aromatic carbocycles. The highest BCUT2D eigenvalue weighted by Crippen LogP contribution is 2.30. The van der Waals surface area contributed by atoms with Crippen LogP contribution in [0.2, 0.25) is 0 Å². The van der Waals surface area contributed by atoms with Crippen molar-refractivity contribution in [3.63, 3.8) is 0 Å². The van der Waals surface area contributed by atoms with Gasteiger partial charge in [0.1, 0.15) is 48.8 Å². The van der Waals surface area contributed by atoms with Crippen LogP contribution in [0.15, 0.2) is 146 Å². The molecule has 12 unspecified atom stereocenters. The minimum Gasteiger partial charge on any atom is -0.394 e. The number of hydrogen-bond donors (Lipinski definition) is 9. The Morgan fingerprint density at radius 3 is 1.31 bits per heavy atom. The van der Waals surface area contributed by atoms with E-state index in [-0.39, 0.29) is 18.9 Å². The number of allylic oxidation sites excluding steroid dienone is 23. The molecular formula is C70H113NO13. The van der Waals surface area contributed by atoms with E-state index in [0.29, 0.717) is 12.8 Å². The summed E-state index contributed by atoms with van der Waals surface area (Å²) in [6.07, 6.45) is 63.6. The van der Waals surface area contributed by atoms with Gasteiger partial charge < -0.3 is 65.1 Å². The summed E-state index contributed by atoms with van der Waals surface area (Å²) in [6, 6.07) is -0.941. The van der Waals surface area contributed by atoms with Crippen LogP contribution in [0.4, 0.5) is 0 Å². The van der Waals surface area contributed by atoms with E-state index in [1.54, 1.807) is 6.08 Å². The van der Waals surface area contributed by atoms with E-state index in [4.69, 9.17) is 18.9 Å². The van der Waals surface area contributed by atoms with Gasteiger partial charge in [-0.15, -0.1) is 0 Å². The number of nitrogens with one attached hydrogen (secondary N) is 1. The zero-order valence-corrected chi connectivity index (χ0v) is 51.3. The topological polar surface area (TPSA) is 228 Å². The van der Waals surface area contributed by atoms with Crippen molar-refractivity contribution in [1.29, 1.82) is 0 Å². The fraction of sp³-hybridized carbons (Fsp3) is 0.643. The van der Waals surface area contributed by atoms with Crippen molar-refractivity contribution < 1.29 is 64.6 Å². The molecule has 2 heterocycles. The van der Waals surface area contributed by atoms with Gasteiger partial charge in [0.2, 0.25) is 5.91 Å². The monoisotopic (exact) mass is 1180 g/mol. The molecule has 0 spiro atoms. The second-order valence-electron chi connectivity index (χ2n) is 21.8. The second kappa shape index (κ2) is 53.1. The molecule has 9 N–H and O–H groups in total. The van der Waals surface area contributed by atoms with Gasteiger partial charge in [-0.2, -0.15) is 0 Å². The summed E-state index contributed by atoms with van der Waals surface area (Å²) in [5.41, 5.74) is 0. The Morgan fingerprint density at radius 1 is 0.440 bits per heavy atom. The number of ether oxygens (including phenoxy) is 4. The van der Waals surface area contributed by atoms with Crippen LogP contribution in [0.1, 0.15) is 194 Å². The van der Waals surface area contributed by atoms with Gasteiger partial charge in [0.05, 0.1) is 32.0 Å². The summed E-state index contributed by atoms with van der Waals surface area (Å²) >= 11 is 0. The van der Waals surface area contributed by atoms with Crippen LogP contribution in [0, 0.1) is 0 Å². The number of unbranched alkanes of at least 4 members (excludes halogenated alkanes) is 14. The molecular weight excluding hydrogens is 1060 g/mol. The Bertz CT molecular complexity index is 1970. The largest absolute Gasteiger partial charge is 0.394 e. The molecule has 0 saturated carbocycles. The standard InChI is InChI=1S/C70H113NO13/c1-3-5-7-9-11-13-14-15-16-17-18-19-20-21-22-23-24-25-26-27-28-29-30-31-32-33-34-35-36-37-38-39-40-41-42-43-44-46-48-50-52-54-62(75)71-58(59(74)53-51-49-47-45-12-10-8-6-4-2)57-81-69-67(80)65(78)68(61(56-73)83-69)84-70-66(79)64(77)63(76)60(55-72)82-70/h5,7,11-13,15-16,18-19,21-22,24-25,27-28,30-31,33-34,36-37,45,51,53,58-61,63-70,72-74,76-80H,3-4,6,8-10,14,17,20,23,26,29,32,35,38-44,46-50,52,54-57H2,1-2H3,(H,71,75)/b7-5-,13-11-,16-15-,19-18-,22-21-,25-24-,28-27-,31-30-,34-33-,37-36-,45-12+,53-51+. The molecule has 0 aromatic heterocycles. The second-order valence-corrected chi connectivity index (χ2v) is 21.8. The maximum atomic E-state index is 13.2. The lowest BCUT2D eigenvalue weighted by atomic mass is 9.97. The van der Waals surface area contributed by atoms with Gasteiger partial charge in [-0.25, -0.2) is 0 Å². The highest BCUT2D eigenvalue weighted by atomic mass is 16.7. The lowest BCUT2D eigenvalue weighted by molar-refractivity contribution is -0.359. The van der Waals surface area contributed by atoms with E-state index in [2.05, 4.69) is 153 Å². The van der Waals surface area contributed by atoms with Crippen molar-refractivity contribution in [2.45, 2.75) is 267 Å². The van der Waals surface area contributed by atoms with E-state index in [1.165, 1.54) is 44.9 Å². The van der Waals surface area contributed by atoms with Crippen molar-refractivity contribution >= 4 is 5.91 Å². The first-order valence-electron chi connectivity index (χ1n) is 32.1. The number of amides is 1. The summed E-state index contributed by atoms with van der Waals surface area (Å²) in [5.74, 6) is -0.264. The van der Waals surface area contributed by atoms with Crippen LogP contribution in [0.3, 0.4) is 0 Å². The third-order valence-electron chi connectivity index (χ3n) is 14.5. The number of rotatable bonds is 49. The van der Waals surface area contributed by atoms with Gasteiger partial charge in [0.25, 0.3) is 0 Å². The quantitative estimate of drug-likeness (QED) is 0.0204. The summed E-state index contributed by atoms with van der Waals surface area (Å²) in [6.45, 7) is 2.57. The molecule has 0 bridgehead atoms. The molecule has 84 heavy (non-hydrogen) atoms. The van der Waals surface area contributed by atoms with Crippen molar-refractivity contribution in [1.82, 2.24) is 5.32 Å². The Balaban J connectivity index is 1.58. The van der Waals surface area contributed by atoms with Gasteiger partial charge in [-0.3, -0.25) is 4.79 Å². The van der Waals surface area contributed by atoms with E-state index in [0.717, 1.165) is 116 Å². The van der Waals surface area contributed by atoms with E-state index in [9.17, 15) is 45.6 Å². The average molecular weight is 1180 g/mol. The van der Waals surface area contributed by atoms with Crippen LogP contribution in [0.5, 0.6) is 0 Å². The predicted molar refractivity (Wildman–Crippen MR) is 341 cm³/mol. The van der Waals surface area contributed by atoms with E-state index < -0.39 is 86.8 Å². The molecule has 476 valence electrons. The normalized spacial score (nSPS) is 24.7. The maximum absolute atomic E-state index is 13.2. The van der Waals surface area contributed by atoms with Crippen LogP contribution >= 0.6 is 0 Å². The number of aliphatic hydroxyl groups is 8. The van der Waals surface area contributed by atoms with Gasteiger partial charge in [-0.1, -0.05) is 224 Å². The molecule has 1 amide bonds. The van der Waals surface area contributed by atoms with Crippen LogP contribution in [-0.4, -0.2) is 140 Å². The molecule has 2 aliphatic rings. The average Bonchev–Trinajstić information content (AvgIpc) is 2.28. The number of carbonyl (C=O) groups excluding carboxylic acids is 1. The molecule has 0 aliphatic carbocycles. The third kappa shape index (κ3) is 37.4. The lowest BCUT2D eigenvalue weighted by Gasteiger charge is -2.46. The SMILES string of the molecule is CC/C=C\C/C=C\C/C=C\C/C=C\C/C=C\C/C=C\C/C=C\C/C=C\C/C=C\C/C=C\CCCCCCCCCCCCC(=O)NC(COC1OC(CO)C(OC2OC(CO)C(O)C(O)C2O)C(O)C1O)C(O)/C=C/CC/C=C/CCCCC. The van der Waals surface area contributed by atoms with Crippen molar-refractivity contribution in [2.24, 2.45) is 0 Å². The Hall–Kier alpha value is -4.13. The minimum absolute atomic E-state index is 0.258. The maximum Gasteiger partial charge on any atom is 0.220 e. The molecule has 14 nitrogen and oxygen atoms in total. The van der Waals surface area contributed by atoms with Crippen LogP contribution in [0.25, 0.3) is 0 Å². The molecule has 2 aliphatic heterocycles. The van der Waals surface area contributed by atoms with Crippen molar-refractivity contribution in [3.05, 3.63) is 146 Å². The fourth-order valence-corrected chi connectivity index (χ4v) is 9.39. The van der Waals surface area contributed by atoms with Crippen LogP contribution in [-0.2, 0) is 23.7 Å². The highest BCUT2D eigenvalue weighted by Gasteiger charge is 2.51. The third-order valence-corrected chi connectivity index (χ3v) is 14.5. The minimum atomic E-state index is -1.80. The van der Waals surface area contributed by atoms with Crippen molar-refractivity contribution in [3.8, 4) is 0 Å². The lowest BCUT2D eigenvalue weighted by Crippen LogP contribution is -2.65. The van der Waals surface area contributed by atoms with Crippen molar-refractivity contribution in [2.75, 3.05) is 19.8 Å². The molecule has 0 radical (unpaired) electrons. The van der Waals surface area contributed by atoms with E-state index in [1.807, 2.05) is 6.08 Å². The highest BCUT2D eigenvalue weighted by molar-refractivity contribution is 5.76. The number of aliphatic hydroxyl groups excluding tert-OH is 8. The zero-order chi connectivity index (χ0) is 60.9. The molecule has 14 heteroatoms. The van der Waals surface area contributed by atoms with Gasteiger partial charge in [0.15, 0.2) is 12.6 Å². The number of hydrogen-bond acceptors (Lipinski definition) is 13. The molecule has 12 atom stereocenters. The van der Waals surface area contributed by atoms with Gasteiger partial charge in [-0.05, 0) is 109 Å². The van der Waals surface area contributed by atoms with Crippen LogP contribution < -0.4 is 5.32 Å². The summed E-state index contributed by atoms with van der Waals surface area (Å²) in [5, 5.41) is 86.8. The predicted octanol–water partition coefficient (Wildman–Crippen LogP) is 12.1. The van der Waals surface area contributed by atoms with Gasteiger partial charge in [0, 0.05) is 6.42 Å². The summed E-state index contributed by atoms with van der Waals surface area (Å²) in [7, 11) is 0. The first kappa shape index (κ1) is 76.0. The zero-order valence-electron chi connectivity index (χ0n) is 51.3. The first-order valence-corrected chi connectivity index (χ1v) is 32.1. The van der Waals surface area contributed by atoms with E-state index >= 15 is 0 Å². The first-order chi connectivity index (χ1) is 41.1. The summed E-state index contributed by atoms with van der Waals surface area (Å²) in [4.78, 5) is 13.2.